The number of nitro groups is 1. The summed E-state index contributed by atoms with van der Waals surface area (Å²) in [4.78, 5) is 25.1. The van der Waals surface area contributed by atoms with E-state index < -0.39 is 4.92 Å². The lowest BCUT2D eigenvalue weighted by Crippen LogP contribution is -2.02. The SMILES string of the molecule is CC(=O)OCCCc1cnc2c([N+](=O)[O-])c(C)nn2c1. The zero-order valence-corrected chi connectivity index (χ0v) is 11.2. The maximum absolute atomic E-state index is 10.9. The van der Waals surface area contributed by atoms with Gasteiger partial charge in [0.25, 0.3) is 0 Å². The van der Waals surface area contributed by atoms with Gasteiger partial charge in [-0.3, -0.25) is 14.9 Å². The van der Waals surface area contributed by atoms with E-state index in [1.54, 1.807) is 19.3 Å². The van der Waals surface area contributed by atoms with Gasteiger partial charge < -0.3 is 4.74 Å². The van der Waals surface area contributed by atoms with Gasteiger partial charge in [-0.2, -0.15) is 5.10 Å². The summed E-state index contributed by atoms with van der Waals surface area (Å²) in [7, 11) is 0. The number of rotatable bonds is 5. The molecule has 2 aromatic rings. The topological polar surface area (TPSA) is 99.6 Å². The van der Waals surface area contributed by atoms with Gasteiger partial charge in [0.15, 0.2) is 0 Å². The molecule has 0 atom stereocenters. The summed E-state index contributed by atoms with van der Waals surface area (Å²) in [6, 6.07) is 0. The van der Waals surface area contributed by atoms with Crippen LogP contribution in [0.3, 0.4) is 0 Å². The molecule has 2 heterocycles. The minimum absolute atomic E-state index is 0.0727. The van der Waals surface area contributed by atoms with Crippen LogP contribution in [-0.4, -0.2) is 32.1 Å². The number of carbonyl (C=O) groups is 1. The van der Waals surface area contributed by atoms with E-state index in [1.807, 2.05) is 0 Å². The molecule has 0 aliphatic carbocycles. The summed E-state index contributed by atoms with van der Waals surface area (Å²) in [5.74, 6) is -0.308. The summed E-state index contributed by atoms with van der Waals surface area (Å²) >= 11 is 0. The highest BCUT2D eigenvalue weighted by Gasteiger charge is 2.21. The maximum atomic E-state index is 10.9. The molecule has 0 saturated carbocycles. The van der Waals surface area contributed by atoms with Gasteiger partial charge in [-0.1, -0.05) is 0 Å². The van der Waals surface area contributed by atoms with Crippen LogP contribution in [0.1, 0.15) is 24.6 Å². The van der Waals surface area contributed by atoms with Gasteiger partial charge in [0.05, 0.1) is 11.5 Å². The van der Waals surface area contributed by atoms with Gasteiger partial charge >= 0.3 is 11.7 Å². The minimum atomic E-state index is -0.481. The van der Waals surface area contributed by atoms with Crippen LogP contribution in [-0.2, 0) is 16.0 Å². The molecular weight excluding hydrogens is 264 g/mol. The lowest BCUT2D eigenvalue weighted by molar-refractivity contribution is -0.383. The number of carbonyl (C=O) groups excluding carboxylic acids is 1. The third kappa shape index (κ3) is 2.90. The Kier molecular flexibility index (Phi) is 3.92. The Bertz CT molecular complexity index is 665. The summed E-state index contributed by atoms with van der Waals surface area (Å²) in [5.41, 5.74) is 1.37. The summed E-state index contributed by atoms with van der Waals surface area (Å²) in [5, 5.41) is 15.0. The first-order valence-electron chi connectivity index (χ1n) is 6.10. The van der Waals surface area contributed by atoms with E-state index in [9.17, 15) is 14.9 Å². The Balaban J connectivity index is 2.14. The summed E-state index contributed by atoms with van der Waals surface area (Å²) in [6.07, 6.45) is 4.60. The van der Waals surface area contributed by atoms with Crippen LogP contribution < -0.4 is 0 Å². The van der Waals surface area contributed by atoms with E-state index in [2.05, 4.69) is 10.1 Å². The second-order valence-electron chi connectivity index (χ2n) is 4.37. The molecule has 106 valence electrons. The fourth-order valence-electron chi connectivity index (χ4n) is 1.91. The predicted octanol–water partition coefficient (Wildman–Crippen LogP) is 1.44. The number of nitrogens with zero attached hydrogens (tertiary/aromatic N) is 4. The second kappa shape index (κ2) is 5.64. The highest BCUT2D eigenvalue weighted by molar-refractivity contribution is 5.65. The van der Waals surface area contributed by atoms with Crippen LogP contribution >= 0.6 is 0 Å². The van der Waals surface area contributed by atoms with Crippen molar-refractivity contribution in [1.82, 2.24) is 14.6 Å². The standard InChI is InChI=1S/C12H14N4O4/c1-8-11(16(18)19)12-13-6-10(7-15(12)14-8)4-3-5-20-9(2)17/h6-7H,3-5H2,1-2H3. The fraction of sp³-hybridized carbons (Fsp3) is 0.417. The fourth-order valence-corrected chi connectivity index (χ4v) is 1.91. The maximum Gasteiger partial charge on any atom is 0.336 e. The van der Waals surface area contributed by atoms with Gasteiger partial charge in [0, 0.05) is 19.3 Å². The lowest BCUT2D eigenvalue weighted by Gasteiger charge is -2.02. The number of aromatic nitrogens is 3. The molecular formula is C12H14N4O4. The normalized spacial score (nSPS) is 10.7. The molecule has 0 unspecified atom stereocenters. The van der Waals surface area contributed by atoms with E-state index >= 15 is 0 Å². The van der Waals surface area contributed by atoms with Crippen molar-refractivity contribution >= 4 is 17.3 Å². The molecule has 0 aliphatic heterocycles. The highest BCUT2D eigenvalue weighted by Crippen LogP contribution is 2.22. The monoisotopic (exact) mass is 278 g/mol. The first-order valence-corrected chi connectivity index (χ1v) is 6.10. The van der Waals surface area contributed by atoms with Crippen LogP contribution in [0.5, 0.6) is 0 Å². The van der Waals surface area contributed by atoms with Gasteiger partial charge in [-0.15, -0.1) is 0 Å². The Hall–Kier alpha value is -2.51. The van der Waals surface area contributed by atoms with Crippen molar-refractivity contribution in [3.8, 4) is 0 Å². The first kappa shape index (κ1) is 13.9. The van der Waals surface area contributed by atoms with E-state index in [0.29, 0.717) is 25.1 Å². The predicted molar refractivity (Wildman–Crippen MR) is 69.3 cm³/mol. The van der Waals surface area contributed by atoms with E-state index in [1.165, 1.54) is 11.4 Å². The molecule has 0 N–H and O–H groups in total. The number of hydrogen-bond acceptors (Lipinski definition) is 6. The molecule has 0 saturated heterocycles. The molecule has 8 nitrogen and oxygen atoms in total. The molecule has 0 aliphatic rings. The van der Waals surface area contributed by atoms with E-state index in [4.69, 9.17) is 4.74 Å². The van der Waals surface area contributed by atoms with Crippen molar-refractivity contribution < 1.29 is 14.5 Å². The molecule has 8 heteroatoms. The van der Waals surface area contributed by atoms with Crippen molar-refractivity contribution in [2.24, 2.45) is 0 Å². The molecule has 2 aromatic heterocycles. The number of fused-ring (bicyclic) bond motifs is 1. The zero-order chi connectivity index (χ0) is 14.7. The minimum Gasteiger partial charge on any atom is -0.466 e. The van der Waals surface area contributed by atoms with Gasteiger partial charge in [-0.25, -0.2) is 9.50 Å². The highest BCUT2D eigenvalue weighted by atomic mass is 16.6. The Morgan fingerprint density at radius 2 is 2.30 bits per heavy atom. The van der Waals surface area contributed by atoms with Crippen LogP contribution in [0.25, 0.3) is 5.65 Å². The molecule has 0 bridgehead atoms. The number of esters is 1. The molecule has 2 rings (SSSR count). The van der Waals surface area contributed by atoms with Crippen LogP contribution in [0.2, 0.25) is 0 Å². The number of ether oxygens (including phenoxy) is 1. The van der Waals surface area contributed by atoms with Crippen molar-refractivity contribution in [1.29, 1.82) is 0 Å². The molecule has 0 aromatic carbocycles. The van der Waals surface area contributed by atoms with E-state index in [0.717, 1.165) is 5.56 Å². The number of aryl methyl sites for hydroxylation is 2. The molecule has 0 radical (unpaired) electrons. The summed E-state index contributed by atoms with van der Waals surface area (Å²) < 4.78 is 6.25. The summed E-state index contributed by atoms with van der Waals surface area (Å²) in [6.45, 7) is 3.28. The van der Waals surface area contributed by atoms with Gasteiger partial charge in [-0.05, 0) is 25.3 Å². The van der Waals surface area contributed by atoms with Crippen LogP contribution in [0.15, 0.2) is 12.4 Å². The van der Waals surface area contributed by atoms with Crippen LogP contribution in [0, 0.1) is 17.0 Å². The molecule has 20 heavy (non-hydrogen) atoms. The first-order chi connectivity index (χ1) is 9.49. The third-order valence-electron chi connectivity index (χ3n) is 2.77. The van der Waals surface area contributed by atoms with E-state index in [-0.39, 0.29) is 17.3 Å². The lowest BCUT2D eigenvalue weighted by atomic mass is 10.2. The van der Waals surface area contributed by atoms with Crippen molar-refractivity contribution in [3.05, 3.63) is 33.8 Å². The van der Waals surface area contributed by atoms with Crippen molar-refractivity contribution in [2.75, 3.05) is 6.61 Å². The Labute approximate surface area is 114 Å². The smallest absolute Gasteiger partial charge is 0.336 e. The third-order valence-corrected chi connectivity index (χ3v) is 2.77. The zero-order valence-electron chi connectivity index (χ0n) is 11.2. The average molecular weight is 278 g/mol. The molecule has 0 spiro atoms. The van der Waals surface area contributed by atoms with Gasteiger partial charge in [0.2, 0.25) is 5.65 Å². The average Bonchev–Trinajstić information content (AvgIpc) is 2.69. The van der Waals surface area contributed by atoms with Crippen molar-refractivity contribution in [2.45, 2.75) is 26.7 Å². The Morgan fingerprint density at radius 3 is 2.95 bits per heavy atom. The largest absolute Gasteiger partial charge is 0.466 e. The Morgan fingerprint density at radius 1 is 1.55 bits per heavy atom. The quantitative estimate of drug-likeness (QED) is 0.355. The molecule has 0 fully saturated rings. The molecule has 0 amide bonds. The number of hydrogen-bond donors (Lipinski definition) is 0. The van der Waals surface area contributed by atoms with Crippen LogP contribution in [0.4, 0.5) is 5.69 Å². The van der Waals surface area contributed by atoms with Gasteiger partial charge in [0.1, 0.15) is 5.69 Å². The van der Waals surface area contributed by atoms with Crippen molar-refractivity contribution in [3.63, 3.8) is 0 Å². The second-order valence-corrected chi connectivity index (χ2v) is 4.37.